The van der Waals surface area contributed by atoms with Crippen molar-refractivity contribution in [3.63, 3.8) is 0 Å². The molecule has 1 N–H and O–H groups in total. The van der Waals surface area contributed by atoms with Crippen LogP contribution in [0.4, 0.5) is 0 Å². The van der Waals surface area contributed by atoms with Gasteiger partial charge in [0.1, 0.15) is 0 Å². The minimum absolute atomic E-state index is 0.0480. The Morgan fingerprint density at radius 2 is 2.24 bits per heavy atom. The zero-order chi connectivity index (χ0) is 12.0. The first-order valence-corrected chi connectivity index (χ1v) is 5.81. The van der Waals surface area contributed by atoms with Gasteiger partial charge in [-0.25, -0.2) is 0 Å². The molecule has 86 valence electrons. The minimum atomic E-state index is -0.0480. The zero-order valence-electron chi connectivity index (χ0n) is 9.77. The number of fused-ring (bicyclic) bond motifs is 1. The first kappa shape index (κ1) is 10.4. The van der Waals surface area contributed by atoms with Gasteiger partial charge in [-0.2, -0.15) is 5.26 Å². The van der Waals surface area contributed by atoms with Crippen LogP contribution < -0.4 is 0 Å². The molecule has 1 aromatic heterocycles. The standard InChI is InChI=1S/C14H14N2O/c1-16-8-12(14(9-17)4-5-14)11-6-10(7-15)2-3-13(11)16/h2-3,6,8,17H,4-5,9H2,1H3. The Kier molecular flexibility index (Phi) is 2.04. The van der Waals surface area contributed by atoms with Crippen molar-refractivity contribution in [3.8, 4) is 6.07 Å². The molecule has 2 aromatic rings. The van der Waals surface area contributed by atoms with Crippen molar-refractivity contribution in [3.05, 3.63) is 35.5 Å². The van der Waals surface area contributed by atoms with Gasteiger partial charge in [0.05, 0.1) is 18.2 Å². The fourth-order valence-electron chi connectivity index (χ4n) is 2.55. The predicted molar refractivity (Wildman–Crippen MR) is 65.6 cm³/mol. The Bertz CT molecular complexity index is 629. The molecule has 3 heteroatoms. The molecule has 1 fully saturated rings. The van der Waals surface area contributed by atoms with Crippen molar-refractivity contribution in [2.75, 3.05) is 6.61 Å². The number of benzene rings is 1. The first-order chi connectivity index (χ1) is 8.20. The fourth-order valence-corrected chi connectivity index (χ4v) is 2.55. The van der Waals surface area contributed by atoms with Gasteiger partial charge < -0.3 is 9.67 Å². The van der Waals surface area contributed by atoms with Crippen LogP contribution in [-0.2, 0) is 12.5 Å². The molecule has 1 aliphatic rings. The lowest BCUT2D eigenvalue weighted by molar-refractivity contribution is 0.255. The van der Waals surface area contributed by atoms with Crippen LogP contribution in [0.2, 0.25) is 0 Å². The Morgan fingerprint density at radius 1 is 1.47 bits per heavy atom. The zero-order valence-corrected chi connectivity index (χ0v) is 9.77. The van der Waals surface area contributed by atoms with Crippen LogP contribution in [0.1, 0.15) is 24.0 Å². The van der Waals surface area contributed by atoms with Crippen molar-refractivity contribution in [1.29, 1.82) is 5.26 Å². The van der Waals surface area contributed by atoms with E-state index in [0.29, 0.717) is 5.56 Å². The van der Waals surface area contributed by atoms with E-state index in [0.717, 1.165) is 23.7 Å². The molecule has 1 saturated carbocycles. The van der Waals surface area contributed by atoms with Crippen LogP contribution in [0.3, 0.4) is 0 Å². The van der Waals surface area contributed by atoms with Gasteiger partial charge in [0.25, 0.3) is 0 Å². The SMILES string of the molecule is Cn1cc(C2(CO)CC2)c2cc(C#N)ccc21. The number of aliphatic hydroxyl groups excluding tert-OH is 1. The topological polar surface area (TPSA) is 49.0 Å². The number of aliphatic hydroxyl groups is 1. The number of hydrogen-bond acceptors (Lipinski definition) is 2. The van der Waals surface area contributed by atoms with Crippen molar-refractivity contribution in [2.45, 2.75) is 18.3 Å². The van der Waals surface area contributed by atoms with E-state index >= 15 is 0 Å². The van der Waals surface area contributed by atoms with Crippen molar-refractivity contribution < 1.29 is 5.11 Å². The second-order valence-electron chi connectivity index (χ2n) is 4.94. The van der Waals surface area contributed by atoms with Gasteiger partial charge >= 0.3 is 0 Å². The summed E-state index contributed by atoms with van der Waals surface area (Å²) in [6.07, 6.45) is 4.17. The molecule has 1 aromatic carbocycles. The van der Waals surface area contributed by atoms with E-state index in [1.165, 1.54) is 5.56 Å². The van der Waals surface area contributed by atoms with Crippen molar-refractivity contribution in [1.82, 2.24) is 4.57 Å². The van der Waals surface area contributed by atoms with E-state index in [9.17, 15) is 5.11 Å². The number of rotatable bonds is 2. The van der Waals surface area contributed by atoms with Crippen LogP contribution in [-0.4, -0.2) is 16.3 Å². The number of nitriles is 1. The van der Waals surface area contributed by atoms with E-state index in [-0.39, 0.29) is 12.0 Å². The Morgan fingerprint density at radius 3 is 2.82 bits per heavy atom. The summed E-state index contributed by atoms with van der Waals surface area (Å²) in [7, 11) is 2.01. The van der Waals surface area contributed by atoms with Crippen molar-refractivity contribution >= 4 is 10.9 Å². The lowest BCUT2D eigenvalue weighted by Gasteiger charge is -2.09. The van der Waals surface area contributed by atoms with E-state index in [2.05, 4.69) is 16.8 Å². The maximum Gasteiger partial charge on any atom is 0.0991 e. The third-order valence-corrected chi connectivity index (χ3v) is 3.85. The molecule has 0 aliphatic heterocycles. The van der Waals surface area contributed by atoms with E-state index in [4.69, 9.17) is 5.26 Å². The summed E-state index contributed by atoms with van der Waals surface area (Å²) in [6.45, 7) is 0.197. The summed E-state index contributed by atoms with van der Waals surface area (Å²) >= 11 is 0. The van der Waals surface area contributed by atoms with Crippen LogP contribution in [0.15, 0.2) is 24.4 Å². The molecule has 0 radical (unpaired) electrons. The Hall–Kier alpha value is -1.79. The van der Waals surface area contributed by atoms with Crippen LogP contribution in [0.5, 0.6) is 0 Å². The van der Waals surface area contributed by atoms with Gasteiger partial charge in [0, 0.05) is 29.6 Å². The molecule has 3 rings (SSSR count). The van der Waals surface area contributed by atoms with Gasteiger partial charge in [0.15, 0.2) is 0 Å². The second-order valence-corrected chi connectivity index (χ2v) is 4.94. The second kappa shape index (κ2) is 3.35. The maximum atomic E-state index is 9.53. The third kappa shape index (κ3) is 1.38. The van der Waals surface area contributed by atoms with Gasteiger partial charge in [0.2, 0.25) is 0 Å². The Labute approximate surface area is 99.9 Å². The van der Waals surface area contributed by atoms with Crippen LogP contribution in [0.25, 0.3) is 10.9 Å². The molecule has 0 atom stereocenters. The molecule has 0 amide bonds. The highest BCUT2D eigenvalue weighted by atomic mass is 16.3. The van der Waals surface area contributed by atoms with Gasteiger partial charge in [-0.05, 0) is 36.6 Å². The first-order valence-electron chi connectivity index (χ1n) is 5.81. The molecule has 0 unspecified atom stereocenters. The smallest absolute Gasteiger partial charge is 0.0991 e. The summed E-state index contributed by atoms with van der Waals surface area (Å²) in [5.74, 6) is 0. The van der Waals surface area contributed by atoms with Gasteiger partial charge in [-0.15, -0.1) is 0 Å². The van der Waals surface area contributed by atoms with Crippen LogP contribution in [0, 0.1) is 11.3 Å². The summed E-state index contributed by atoms with van der Waals surface area (Å²) in [5, 5.41) is 19.6. The highest BCUT2D eigenvalue weighted by Crippen LogP contribution is 2.50. The quantitative estimate of drug-likeness (QED) is 0.852. The summed E-state index contributed by atoms with van der Waals surface area (Å²) in [6, 6.07) is 7.92. The highest BCUT2D eigenvalue weighted by Gasteiger charge is 2.45. The number of nitrogens with zero attached hydrogens (tertiary/aromatic N) is 2. The molecule has 3 nitrogen and oxygen atoms in total. The molecule has 17 heavy (non-hydrogen) atoms. The normalized spacial score (nSPS) is 17.0. The summed E-state index contributed by atoms with van der Waals surface area (Å²) in [5.41, 5.74) is 2.94. The minimum Gasteiger partial charge on any atom is -0.395 e. The number of aryl methyl sites for hydroxylation is 1. The largest absolute Gasteiger partial charge is 0.395 e. The molecular weight excluding hydrogens is 212 g/mol. The van der Waals surface area contributed by atoms with Gasteiger partial charge in [-0.1, -0.05) is 0 Å². The van der Waals surface area contributed by atoms with E-state index in [1.807, 2.05) is 25.2 Å². The summed E-state index contributed by atoms with van der Waals surface area (Å²) < 4.78 is 2.07. The molecular formula is C14H14N2O. The number of hydrogen-bond donors (Lipinski definition) is 1. The summed E-state index contributed by atoms with van der Waals surface area (Å²) in [4.78, 5) is 0. The van der Waals surface area contributed by atoms with E-state index in [1.54, 1.807) is 0 Å². The monoisotopic (exact) mass is 226 g/mol. The third-order valence-electron chi connectivity index (χ3n) is 3.85. The lowest BCUT2D eigenvalue weighted by Crippen LogP contribution is -2.11. The fraction of sp³-hybridized carbons (Fsp3) is 0.357. The van der Waals surface area contributed by atoms with Crippen molar-refractivity contribution in [2.24, 2.45) is 7.05 Å². The lowest BCUT2D eigenvalue weighted by atomic mass is 9.96. The molecule has 0 bridgehead atoms. The average Bonchev–Trinajstić information content (AvgIpc) is 3.09. The Balaban J connectivity index is 2.29. The van der Waals surface area contributed by atoms with Gasteiger partial charge in [-0.3, -0.25) is 0 Å². The van der Waals surface area contributed by atoms with Crippen LogP contribution >= 0.6 is 0 Å². The predicted octanol–water partition coefficient (Wildman–Crippen LogP) is 2.07. The number of aromatic nitrogens is 1. The molecule has 0 spiro atoms. The molecule has 1 heterocycles. The average molecular weight is 226 g/mol. The molecule has 1 aliphatic carbocycles. The highest BCUT2D eigenvalue weighted by molar-refractivity contribution is 5.86. The van der Waals surface area contributed by atoms with E-state index < -0.39 is 0 Å². The molecule has 0 saturated heterocycles. The maximum absolute atomic E-state index is 9.53.